The summed E-state index contributed by atoms with van der Waals surface area (Å²) in [4.78, 5) is 28.5. The van der Waals surface area contributed by atoms with Gasteiger partial charge in [-0.25, -0.2) is 4.79 Å². The van der Waals surface area contributed by atoms with E-state index in [2.05, 4.69) is 9.99 Å². The molecule has 2 aliphatic heterocycles. The van der Waals surface area contributed by atoms with Crippen LogP contribution >= 0.6 is 11.8 Å². The van der Waals surface area contributed by atoms with Crippen molar-refractivity contribution in [3.63, 3.8) is 0 Å². The molecule has 0 aromatic carbocycles. The van der Waals surface area contributed by atoms with E-state index in [9.17, 15) is 9.59 Å². The Morgan fingerprint density at radius 1 is 1.69 bits per heavy atom. The molecule has 86 valence electrons. The van der Waals surface area contributed by atoms with Crippen LogP contribution in [-0.2, 0) is 14.4 Å². The van der Waals surface area contributed by atoms with Crippen LogP contribution in [0.25, 0.3) is 0 Å². The number of aliphatic carboxylic acids is 1. The summed E-state index contributed by atoms with van der Waals surface area (Å²) in [7, 11) is 1.36. The smallest absolute Gasteiger partial charge is 0.352 e. The number of fused-ring (bicyclic) bond motifs is 1. The first-order chi connectivity index (χ1) is 7.57. The molecular formula is C9H10N2O4S. The number of oxime groups is 1. The predicted molar refractivity (Wildman–Crippen MR) is 57.9 cm³/mol. The Bertz CT molecular complexity index is 429. The summed E-state index contributed by atoms with van der Waals surface area (Å²) in [5.41, 5.74) is 1.04. The summed E-state index contributed by atoms with van der Waals surface area (Å²) >= 11 is 1.47. The zero-order chi connectivity index (χ0) is 11.9. The van der Waals surface area contributed by atoms with Crippen molar-refractivity contribution in [2.75, 3.05) is 12.9 Å². The molecular weight excluding hydrogens is 232 g/mol. The molecule has 16 heavy (non-hydrogen) atoms. The molecule has 0 radical (unpaired) electrons. The fourth-order valence-corrected chi connectivity index (χ4v) is 2.91. The van der Waals surface area contributed by atoms with Crippen LogP contribution in [0.2, 0.25) is 0 Å². The number of hydrogen-bond donors (Lipinski definition) is 1. The van der Waals surface area contributed by atoms with Gasteiger partial charge in [-0.05, 0) is 12.5 Å². The SMILES string of the molecule is CO/N=C1/C(=O)N2C(C(=O)O)=C(C)CS[C@H]12. The van der Waals surface area contributed by atoms with Crippen molar-refractivity contribution < 1.29 is 19.5 Å². The highest BCUT2D eigenvalue weighted by Crippen LogP contribution is 2.38. The second-order valence-electron chi connectivity index (χ2n) is 3.43. The third-order valence-electron chi connectivity index (χ3n) is 2.40. The Morgan fingerprint density at radius 3 is 2.94 bits per heavy atom. The summed E-state index contributed by atoms with van der Waals surface area (Å²) < 4.78 is 0. The van der Waals surface area contributed by atoms with Crippen molar-refractivity contribution in [3.05, 3.63) is 11.3 Å². The van der Waals surface area contributed by atoms with Gasteiger partial charge in [-0.3, -0.25) is 9.69 Å². The molecule has 0 bridgehead atoms. The normalized spacial score (nSPS) is 26.6. The average molecular weight is 242 g/mol. The van der Waals surface area contributed by atoms with Crippen molar-refractivity contribution in [3.8, 4) is 0 Å². The Balaban J connectivity index is 2.35. The van der Waals surface area contributed by atoms with Gasteiger partial charge in [0.2, 0.25) is 0 Å². The molecule has 0 saturated carbocycles. The molecule has 2 aliphatic rings. The highest BCUT2D eigenvalue weighted by Gasteiger charge is 2.51. The fraction of sp³-hybridized carbons (Fsp3) is 0.444. The number of carboxylic acid groups (broad SMARTS) is 1. The van der Waals surface area contributed by atoms with E-state index in [1.165, 1.54) is 23.8 Å². The second kappa shape index (κ2) is 3.82. The van der Waals surface area contributed by atoms with Crippen molar-refractivity contribution >= 4 is 29.4 Å². The molecule has 1 N–H and O–H groups in total. The summed E-state index contributed by atoms with van der Waals surface area (Å²) in [5, 5.41) is 12.3. The van der Waals surface area contributed by atoms with E-state index >= 15 is 0 Å². The quantitative estimate of drug-likeness (QED) is 0.555. The van der Waals surface area contributed by atoms with E-state index in [1.54, 1.807) is 6.92 Å². The van der Waals surface area contributed by atoms with Gasteiger partial charge in [-0.2, -0.15) is 0 Å². The third-order valence-corrected chi connectivity index (χ3v) is 3.75. The Labute approximate surface area is 95.9 Å². The van der Waals surface area contributed by atoms with Gasteiger partial charge < -0.3 is 9.94 Å². The van der Waals surface area contributed by atoms with Crippen LogP contribution in [-0.4, -0.2) is 45.8 Å². The van der Waals surface area contributed by atoms with Gasteiger partial charge in [0, 0.05) is 5.75 Å². The minimum atomic E-state index is -1.08. The highest BCUT2D eigenvalue weighted by molar-refractivity contribution is 8.01. The molecule has 0 aromatic rings. The number of carbonyl (C=O) groups is 2. The van der Waals surface area contributed by atoms with Crippen LogP contribution in [0.5, 0.6) is 0 Å². The number of carboxylic acids is 1. The lowest BCUT2D eigenvalue weighted by Gasteiger charge is -2.43. The highest BCUT2D eigenvalue weighted by atomic mass is 32.2. The summed E-state index contributed by atoms with van der Waals surface area (Å²) in [5.74, 6) is -0.887. The minimum Gasteiger partial charge on any atom is -0.477 e. The molecule has 0 aromatic heterocycles. The second-order valence-corrected chi connectivity index (χ2v) is 4.50. The van der Waals surface area contributed by atoms with Crippen LogP contribution in [0.3, 0.4) is 0 Å². The zero-order valence-electron chi connectivity index (χ0n) is 8.76. The Hall–Kier alpha value is -1.50. The number of carbonyl (C=O) groups excluding carboxylic acids is 1. The van der Waals surface area contributed by atoms with Gasteiger partial charge >= 0.3 is 5.97 Å². The first-order valence-corrected chi connectivity index (χ1v) is 5.62. The van der Waals surface area contributed by atoms with Gasteiger partial charge in [0.05, 0.1) is 0 Å². The van der Waals surface area contributed by atoms with Crippen molar-refractivity contribution in [1.29, 1.82) is 0 Å². The number of amides is 1. The molecule has 1 amide bonds. The van der Waals surface area contributed by atoms with Gasteiger partial charge in [0.25, 0.3) is 5.91 Å². The lowest BCUT2D eigenvalue weighted by Crippen LogP contribution is -2.62. The van der Waals surface area contributed by atoms with Crippen molar-refractivity contribution in [1.82, 2.24) is 4.90 Å². The van der Waals surface area contributed by atoms with E-state index in [1.807, 2.05) is 0 Å². The molecule has 6 nitrogen and oxygen atoms in total. The summed E-state index contributed by atoms with van der Waals surface area (Å²) in [6, 6.07) is 0. The molecule has 2 rings (SSSR count). The zero-order valence-corrected chi connectivity index (χ0v) is 9.58. The largest absolute Gasteiger partial charge is 0.477 e. The average Bonchev–Trinajstić information content (AvgIpc) is 2.25. The maximum absolute atomic E-state index is 11.7. The van der Waals surface area contributed by atoms with Gasteiger partial charge in [-0.15, -0.1) is 11.8 Å². The Kier molecular flexibility index (Phi) is 2.63. The third kappa shape index (κ3) is 1.39. The lowest BCUT2D eigenvalue weighted by molar-refractivity contribution is -0.139. The molecule has 0 spiro atoms. The number of hydrogen-bond acceptors (Lipinski definition) is 5. The van der Waals surface area contributed by atoms with Crippen LogP contribution in [0.15, 0.2) is 16.4 Å². The number of rotatable bonds is 2. The summed E-state index contributed by atoms with van der Waals surface area (Å²) in [6.45, 7) is 1.71. The molecule has 0 aliphatic carbocycles. The van der Waals surface area contributed by atoms with Crippen LogP contribution in [0.4, 0.5) is 0 Å². The summed E-state index contributed by atoms with van der Waals surface area (Å²) in [6.07, 6.45) is 0. The molecule has 1 fully saturated rings. The van der Waals surface area contributed by atoms with E-state index in [0.717, 1.165) is 0 Å². The maximum Gasteiger partial charge on any atom is 0.352 e. The van der Waals surface area contributed by atoms with E-state index in [4.69, 9.17) is 5.11 Å². The van der Waals surface area contributed by atoms with Crippen LogP contribution < -0.4 is 0 Å². The van der Waals surface area contributed by atoms with Crippen LogP contribution in [0, 0.1) is 0 Å². The Morgan fingerprint density at radius 2 is 2.38 bits per heavy atom. The maximum atomic E-state index is 11.7. The minimum absolute atomic E-state index is 0.0730. The molecule has 7 heteroatoms. The fourth-order valence-electron chi connectivity index (χ4n) is 1.71. The van der Waals surface area contributed by atoms with Gasteiger partial charge in [-0.1, -0.05) is 5.16 Å². The van der Waals surface area contributed by atoms with Gasteiger partial charge in [0.15, 0.2) is 5.71 Å². The van der Waals surface area contributed by atoms with E-state index in [0.29, 0.717) is 11.3 Å². The first-order valence-electron chi connectivity index (χ1n) is 4.57. The van der Waals surface area contributed by atoms with Crippen LogP contribution in [0.1, 0.15) is 6.92 Å². The topological polar surface area (TPSA) is 79.2 Å². The molecule has 1 atom stereocenters. The van der Waals surface area contributed by atoms with E-state index < -0.39 is 11.9 Å². The molecule has 1 saturated heterocycles. The number of nitrogens with zero attached hydrogens (tertiary/aromatic N) is 2. The predicted octanol–water partition coefficient (Wildman–Crippen LogP) is 0.263. The van der Waals surface area contributed by atoms with E-state index in [-0.39, 0.29) is 16.8 Å². The number of thioether (sulfide) groups is 1. The van der Waals surface area contributed by atoms with Gasteiger partial charge in [0.1, 0.15) is 18.2 Å². The van der Waals surface area contributed by atoms with Crippen molar-refractivity contribution in [2.24, 2.45) is 5.16 Å². The number of β-lactam (4-membered cyclic amide) rings is 1. The first kappa shape index (κ1) is 11.0. The standard InChI is InChI=1S/C9H10N2O4S/c1-4-3-16-8-5(10-15-2)7(12)11(8)6(4)9(13)14/h8H,3H2,1-2H3,(H,13,14)/b10-5-/t8-/m1/s1. The van der Waals surface area contributed by atoms with Crippen molar-refractivity contribution in [2.45, 2.75) is 12.3 Å². The monoisotopic (exact) mass is 242 g/mol. The lowest BCUT2D eigenvalue weighted by atomic mass is 10.1. The molecule has 2 heterocycles. The molecule has 0 unspecified atom stereocenters.